The number of benzene rings is 1. The molecule has 0 saturated carbocycles. The fourth-order valence-corrected chi connectivity index (χ4v) is 1.33. The van der Waals surface area contributed by atoms with Gasteiger partial charge in [-0.25, -0.2) is 0 Å². The molecule has 0 fully saturated rings. The highest BCUT2D eigenvalue weighted by molar-refractivity contribution is 5.79. The Morgan fingerprint density at radius 3 is 2.53 bits per heavy atom. The molecule has 15 heavy (non-hydrogen) atoms. The molecule has 2 rings (SSSR count). The summed E-state index contributed by atoms with van der Waals surface area (Å²) in [6.45, 7) is 0. The molecule has 5 nitrogen and oxygen atoms in total. The van der Waals surface area contributed by atoms with Crippen LogP contribution >= 0.6 is 0 Å². The number of nitrogen functional groups attached to an aromatic ring is 1. The van der Waals surface area contributed by atoms with Crippen molar-refractivity contribution < 1.29 is 0 Å². The van der Waals surface area contributed by atoms with Gasteiger partial charge in [-0.15, -0.1) is 10.2 Å². The van der Waals surface area contributed by atoms with Crippen LogP contribution in [0, 0.1) is 0 Å². The Hall–Kier alpha value is -2.17. The fourth-order valence-electron chi connectivity index (χ4n) is 1.33. The molecule has 0 spiro atoms. The van der Waals surface area contributed by atoms with E-state index in [-0.39, 0.29) is 0 Å². The summed E-state index contributed by atoms with van der Waals surface area (Å²) in [4.78, 5) is 0. The molecule has 5 heteroatoms. The van der Waals surface area contributed by atoms with Crippen LogP contribution in [0.1, 0.15) is 0 Å². The van der Waals surface area contributed by atoms with Crippen molar-refractivity contribution in [1.82, 2.24) is 15.4 Å². The van der Waals surface area contributed by atoms with E-state index in [0.29, 0.717) is 17.2 Å². The van der Waals surface area contributed by atoms with E-state index in [2.05, 4.69) is 20.7 Å². The van der Waals surface area contributed by atoms with Crippen LogP contribution in [-0.4, -0.2) is 22.5 Å². The number of hydrogen-bond donors (Lipinski definition) is 2. The third-order valence-electron chi connectivity index (χ3n) is 2.08. The molecule has 0 aliphatic carbocycles. The predicted octanol–water partition coefficient (Wildman–Crippen LogP) is 1.16. The quantitative estimate of drug-likeness (QED) is 0.762. The summed E-state index contributed by atoms with van der Waals surface area (Å²) in [5, 5.41) is 14.2. The van der Waals surface area contributed by atoms with E-state index < -0.39 is 0 Å². The monoisotopic (exact) mass is 201 g/mol. The smallest absolute Gasteiger partial charge is 0.175 e. The van der Waals surface area contributed by atoms with Crippen molar-refractivity contribution in [2.24, 2.45) is 0 Å². The van der Waals surface area contributed by atoms with Gasteiger partial charge in [-0.2, -0.15) is 0 Å². The van der Waals surface area contributed by atoms with Crippen molar-refractivity contribution >= 4 is 11.5 Å². The van der Waals surface area contributed by atoms with Gasteiger partial charge in [0.15, 0.2) is 5.82 Å². The molecule has 1 aromatic carbocycles. The van der Waals surface area contributed by atoms with Crippen LogP contribution in [-0.2, 0) is 0 Å². The summed E-state index contributed by atoms with van der Waals surface area (Å²) in [6, 6.07) is 9.65. The van der Waals surface area contributed by atoms with Gasteiger partial charge in [0.05, 0.1) is 0 Å². The SMILES string of the molecule is CNc1nnnc(-c2ccccc2)c1N. The Kier molecular flexibility index (Phi) is 2.45. The number of nitrogens with zero attached hydrogens (tertiary/aromatic N) is 3. The lowest BCUT2D eigenvalue weighted by molar-refractivity contribution is 0.878. The Bertz CT molecular complexity index is 455. The van der Waals surface area contributed by atoms with Crippen LogP contribution in [0.3, 0.4) is 0 Å². The van der Waals surface area contributed by atoms with Crippen LogP contribution < -0.4 is 11.1 Å². The van der Waals surface area contributed by atoms with Crippen molar-refractivity contribution in [3.63, 3.8) is 0 Å². The summed E-state index contributed by atoms with van der Waals surface area (Å²) in [6.07, 6.45) is 0. The average Bonchev–Trinajstić information content (AvgIpc) is 2.30. The second kappa shape index (κ2) is 3.91. The minimum absolute atomic E-state index is 0.513. The number of rotatable bonds is 2. The van der Waals surface area contributed by atoms with Crippen molar-refractivity contribution in [3.05, 3.63) is 30.3 Å². The zero-order valence-corrected chi connectivity index (χ0v) is 8.31. The van der Waals surface area contributed by atoms with Gasteiger partial charge in [0, 0.05) is 12.6 Å². The van der Waals surface area contributed by atoms with Gasteiger partial charge in [0.2, 0.25) is 0 Å². The third-order valence-corrected chi connectivity index (χ3v) is 2.08. The molecule has 0 saturated heterocycles. The fraction of sp³-hybridized carbons (Fsp3) is 0.100. The van der Waals surface area contributed by atoms with E-state index in [4.69, 9.17) is 5.73 Å². The van der Waals surface area contributed by atoms with Crippen molar-refractivity contribution in [3.8, 4) is 11.3 Å². The predicted molar refractivity (Wildman–Crippen MR) is 59.2 cm³/mol. The van der Waals surface area contributed by atoms with E-state index in [1.54, 1.807) is 7.05 Å². The Morgan fingerprint density at radius 2 is 1.87 bits per heavy atom. The lowest BCUT2D eigenvalue weighted by atomic mass is 10.1. The molecule has 0 bridgehead atoms. The lowest BCUT2D eigenvalue weighted by Gasteiger charge is -2.06. The standard InChI is InChI=1S/C10H11N5/c1-12-10-8(11)9(13-15-14-10)7-5-3-2-4-6-7/h2-6H,1H3,(H2,11,15)(H,12,13,14). The Labute approximate surface area is 87.3 Å². The van der Waals surface area contributed by atoms with Crippen LogP contribution in [0.5, 0.6) is 0 Å². The topological polar surface area (TPSA) is 76.7 Å². The molecule has 2 aromatic rings. The van der Waals surface area contributed by atoms with Gasteiger partial charge < -0.3 is 11.1 Å². The van der Waals surface area contributed by atoms with Crippen molar-refractivity contribution in [2.75, 3.05) is 18.1 Å². The average molecular weight is 201 g/mol. The molecule has 0 aliphatic heterocycles. The molecule has 0 radical (unpaired) electrons. The summed E-state index contributed by atoms with van der Waals surface area (Å²) < 4.78 is 0. The molecular formula is C10H11N5. The van der Waals surface area contributed by atoms with Crippen LogP contribution in [0.25, 0.3) is 11.3 Å². The van der Waals surface area contributed by atoms with Gasteiger partial charge in [0.1, 0.15) is 11.4 Å². The first kappa shape index (κ1) is 9.39. The zero-order chi connectivity index (χ0) is 10.7. The molecule has 1 heterocycles. The van der Waals surface area contributed by atoms with Crippen LogP contribution in [0.2, 0.25) is 0 Å². The summed E-state index contributed by atoms with van der Waals surface area (Å²) in [5.74, 6) is 0.545. The third kappa shape index (κ3) is 1.71. The molecule has 0 atom stereocenters. The first-order valence-corrected chi connectivity index (χ1v) is 4.55. The maximum absolute atomic E-state index is 5.90. The van der Waals surface area contributed by atoms with Gasteiger partial charge in [-0.3, -0.25) is 0 Å². The molecule has 0 unspecified atom stereocenters. The van der Waals surface area contributed by atoms with E-state index in [1.165, 1.54) is 0 Å². The zero-order valence-electron chi connectivity index (χ0n) is 8.31. The molecule has 3 N–H and O–H groups in total. The second-order valence-corrected chi connectivity index (χ2v) is 3.02. The lowest BCUT2D eigenvalue weighted by Crippen LogP contribution is -2.04. The highest BCUT2D eigenvalue weighted by Gasteiger charge is 2.09. The number of aromatic nitrogens is 3. The molecule has 0 amide bonds. The number of nitrogens with one attached hydrogen (secondary N) is 1. The largest absolute Gasteiger partial charge is 0.394 e. The number of hydrogen-bond acceptors (Lipinski definition) is 5. The van der Waals surface area contributed by atoms with Gasteiger partial charge >= 0.3 is 0 Å². The second-order valence-electron chi connectivity index (χ2n) is 3.02. The van der Waals surface area contributed by atoms with E-state index in [0.717, 1.165) is 5.56 Å². The molecule has 76 valence electrons. The minimum Gasteiger partial charge on any atom is -0.394 e. The molecule has 0 aliphatic rings. The van der Waals surface area contributed by atoms with Crippen molar-refractivity contribution in [2.45, 2.75) is 0 Å². The Balaban J connectivity index is 2.54. The highest BCUT2D eigenvalue weighted by Crippen LogP contribution is 2.26. The van der Waals surface area contributed by atoms with Crippen LogP contribution in [0.15, 0.2) is 30.3 Å². The molecule has 1 aromatic heterocycles. The maximum atomic E-state index is 5.90. The highest BCUT2D eigenvalue weighted by atomic mass is 15.3. The first-order valence-electron chi connectivity index (χ1n) is 4.55. The first-order chi connectivity index (χ1) is 7.33. The summed E-state index contributed by atoms with van der Waals surface area (Å²) in [5.41, 5.74) is 7.99. The normalized spacial score (nSPS) is 9.93. The Morgan fingerprint density at radius 1 is 1.13 bits per heavy atom. The van der Waals surface area contributed by atoms with E-state index in [9.17, 15) is 0 Å². The number of nitrogens with two attached hydrogens (primary N) is 1. The minimum atomic E-state index is 0.513. The van der Waals surface area contributed by atoms with Crippen molar-refractivity contribution in [1.29, 1.82) is 0 Å². The summed E-state index contributed by atoms with van der Waals surface area (Å²) >= 11 is 0. The maximum Gasteiger partial charge on any atom is 0.175 e. The summed E-state index contributed by atoms with van der Waals surface area (Å²) in [7, 11) is 1.75. The number of anilines is 2. The van der Waals surface area contributed by atoms with E-state index >= 15 is 0 Å². The van der Waals surface area contributed by atoms with E-state index in [1.807, 2.05) is 30.3 Å². The van der Waals surface area contributed by atoms with Crippen LogP contribution in [0.4, 0.5) is 11.5 Å². The van der Waals surface area contributed by atoms with Gasteiger partial charge in [0.25, 0.3) is 0 Å². The molecular weight excluding hydrogens is 190 g/mol. The van der Waals surface area contributed by atoms with Gasteiger partial charge in [-0.1, -0.05) is 30.3 Å². The van der Waals surface area contributed by atoms with Gasteiger partial charge in [-0.05, 0) is 5.21 Å².